The van der Waals surface area contributed by atoms with E-state index in [2.05, 4.69) is 27.2 Å². The molecule has 2 saturated heterocycles. The molecule has 2 fully saturated rings. The summed E-state index contributed by atoms with van der Waals surface area (Å²) in [4.78, 5) is 31.2. The number of hydrogen-bond acceptors (Lipinski definition) is 6. The van der Waals surface area contributed by atoms with Crippen LogP contribution in [0.4, 0.5) is 5.69 Å². The highest BCUT2D eigenvalue weighted by atomic mass is 16.5. The zero-order chi connectivity index (χ0) is 22.3. The molecule has 8 heteroatoms. The largest absolute Gasteiger partial charge is 0.497 e. The van der Waals surface area contributed by atoms with E-state index in [-0.39, 0.29) is 24.2 Å². The number of methoxy groups -OCH3 is 1. The van der Waals surface area contributed by atoms with Crippen LogP contribution in [0.5, 0.6) is 5.75 Å². The number of piperazine rings is 1. The molecule has 1 atom stereocenters. The van der Waals surface area contributed by atoms with Gasteiger partial charge in [-0.25, -0.2) is 0 Å². The van der Waals surface area contributed by atoms with Gasteiger partial charge < -0.3 is 24.3 Å². The van der Waals surface area contributed by atoms with Gasteiger partial charge in [0.05, 0.1) is 25.8 Å². The topological polar surface area (TPSA) is 78.3 Å². The zero-order valence-electron chi connectivity index (χ0n) is 18.7. The van der Waals surface area contributed by atoms with E-state index in [1.54, 1.807) is 24.3 Å². The van der Waals surface area contributed by atoms with Crippen molar-refractivity contribution in [3.63, 3.8) is 0 Å². The first-order valence-corrected chi connectivity index (χ1v) is 11.3. The van der Waals surface area contributed by atoms with E-state index in [9.17, 15) is 9.59 Å². The molecule has 2 aliphatic heterocycles. The van der Waals surface area contributed by atoms with Crippen LogP contribution in [0.3, 0.4) is 0 Å². The van der Waals surface area contributed by atoms with Crippen molar-refractivity contribution in [3.05, 3.63) is 48.4 Å². The monoisotopic (exact) mass is 440 g/mol. The molecule has 0 spiro atoms. The van der Waals surface area contributed by atoms with E-state index in [1.807, 2.05) is 18.2 Å². The summed E-state index contributed by atoms with van der Waals surface area (Å²) in [5.41, 5.74) is 1.23. The fourth-order valence-electron chi connectivity index (χ4n) is 4.37. The van der Waals surface area contributed by atoms with Gasteiger partial charge in [0.2, 0.25) is 11.8 Å². The third kappa shape index (κ3) is 5.62. The summed E-state index contributed by atoms with van der Waals surface area (Å²) in [6.45, 7) is 6.50. The Hall–Kier alpha value is -3.00. The molecular formula is C24H32N4O4. The van der Waals surface area contributed by atoms with Crippen LogP contribution in [0.15, 0.2) is 47.1 Å². The van der Waals surface area contributed by atoms with Crippen molar-refractivity contribution in [2.24, 2.45) is 5.92 Å². The second-order valence-corrected chi connectivity index (χ2v) is 8.43. The Bertz CT molecular complexity index is 876. The highest BCUT2D eigenvalue weighted by molar-refractivity contribution is 5.89. The fraction of sp³-hybridized carbons (Fsp3) is 0.500. The van der Waals surface area contributed by atoms with Crippen LogP contribution in [-0.2, 0) is 16.1 Å². The summed E-state index contributed by atoms with van der Waals surface area (Å²) < 4.78 is 10.5. The van der Waals surface area contributed by atoms with Gasteiger partial charge in [-0.15, -0.1) is 0 Å². The number of ether oxygens (including phenoxy) is 1. The third-order valence-electron chi connectivity index (χ3n) is 6.27. The van der Waals surface area contributed by atoms with Crippen LogP contribution in [0.25, 0.3) is 0 Å². The molecule has 0 radical (unpaired) electrons. The van der Waals surface area contributed by atoms with Crippen LogP contribution >= 0.6 is 0 Å². The van der Waals surface area contributed by atoms with Gasteiger partial charge in [-0.05, 0) is 49.4 Å². The molecule has 1 unspecified atom stereocenters. The SMILES string of the molecule is COc1ccc(N2CCN(CCCNC(=O)C3CC(=O)N(Cc4ccco4)C3)CC2)cc1. The number of nitrogens with one attached hydrogen (secondary N) is 1. The van der Waals surface area contributed by atoms with E-state index in [4.69, 9.17) is 9.15 Å². The summed E-state index contributed by atoms with van der Waals surface area (Å²) in [6, 6.07) is 11.9. The second-order valence-electron chi connectivity index (χ2n) is 8.43. The highest BCUT2D eigenvalue weighted by Crippen LogP contribution is 2.21. The number of carbonyl (C=O) groups excluding carboxylic acids is 2. The van der Waals surface area contributed by atoms with Gasteiger partial charge in [0.25, 0.3) is 0 Å². The Kier molecular flexibility index (Phi) is 7.32. The van der Waals surface area contributed by atoms with E-state index >= 15 is 0 Å². The lowest BCUT2D eigenvalue weighted by Gasteiger charge is -2.36. The van der Waals surface area contributed by atoms with Crippen LogP contribution in [0.2, 0.25) is 0 Å². The lowest BCUT2D eigenvalue weighted by molar-refractivity contribution is -0.129. The first-order chi connectivity index (χ1) is 15.6. The maximum atomic E-state index is 12.5. The average Bonchev–Trinajstić information content (AvgIpc) is 3.47. The van der Waals surface area contributed by atoms with Gasteiger partial charge in [0, 0.05) is 51.4 Å². The molecule has 0 saturated carbocycles. The van der Waals surface area contributed by atoms with Crippen LogP contribution in [-0.4, -0.2) is 74.5 Å². The fourth-order valence-corrected chi connectivity index (χ4v) is 4.37. The van der Waals surface area contributed by atoms with Crippen molar-refractivity contribution in [1.82, 2.24) is 15.1 Å². The van der Waals surface area contributed by atoms with Gasteiger partial charge in [-0.1, -0.05) is 0 Å². The number of furan rings is 1. The number of hydrogen-bond donors (Lipinski definition) is 1. The number of benzene rings is 1. The average molecular weight is 441 g/mol. The summed E-state index contributed by atoms with van der Waals surface area (Å²) in [6.07, 6.45) is 2.78. The van der Waals surface area contributed by atoms with Crippen molar-refractivity contribution in [1.29, 1.82) is 0 Å². The van der Waals surface area contributed by atoms with Gasteiger partial charge in [-0.3, -0.25) is 14.5 Å². The Labute approximate surface area is 189 Å². The standard InChI is InChI=1S/C24H32N4O4/c1-31-21-7-5-20(6-8-21)27-13-11-26(12-14-27)10-3-9-25-24(30)19-16-23(29)28(17-19)18-22-4-2-15-32-22/h2,4-8,15,19H,3,9-14,16-18H2,1H3,(H,25,30). The van der Waals surface area contributed by atoms with Gasteiger partial charge in [0.1, 0.15) is 11.5 Å². The van der Waals surface area contributed by atoms with E-state index in [0.29, 0.717) is 19.6 Å². The normalized spacial score (nSPS) is 19.4. The predicted molar refractivity (Wildman–Crippen MR) is 122 cm³/mol. The minimum absolute atomic E-state index is 0.0104. The number of carbonyl (C=O) groups is 2. The molecule has 0 bridgehead atoms. The highest BCUT2D eigenvalue weighted by Gasteiger charge is 2.34. The van der Waals surface area contributed by atoms with E-state index in [1.165, 1.54) is 5.69 Å². The molecule has 0 aliphatic carbocycles. The maximum absolute atomic E-state index is 12.5. The predicted octanol–water partition coefficient (Wildman–Crippen LogP) is 1.97. The number of nitrogens with zero attached hydrogens (tertiary/aromatic N) is 3. The lowest BCUT2D eigenvalue weighted by atomic mass is 10.1. The molecule has 2 aliphatic rings. The molecule has 1 aromatic carbocycles. The number of likely N-dealkylation sites (tertiary alicyclic amines) is 1. The molecule has 2 aromatic rings. The molecule has 4 rings (SSSR count). The van der Waals surface area contributed by atoms with E-state index < -0.39 is 0 Å². The molecule has 172 valence electrons. The number of amides is 2. The summed E-state index contributed by atoms with van der Waals surface area (Å²) in [5, 5.41) is 3.02. The van der Waals surface area contributed by atoms with Crippen molar-refractivity contribution in [2.75, 3.05) is 57.8 Å². The molecule has 8 nitrogen and oxygen atoms in total. The number of rotatable bonds is 9. The lowest BCUT2D eigenvalue weighted by Crippen LogP contribution is -2.47. The van der Waals surface area contributed by atoms with Crippen molar-refractivity contribution in [3.8, 4) is 5.75 Å². The van der Waals surface area contributed by atoms with Crippen LogP contribution < -0.4 is 15.0 Å². The van der Waals surface area contributed by atoms with E-state index in [0.717, 1.165) is 50.7 Å². The van der Waals surface area contributed by atoms with Crippen LogP contribution in [0.1, 0.15) is 18.6 Å². The molecule has 1 N–H and O–H groups in total. The molecular weight excluding hydrogens is 408 g/mol. The quantitative estimate of drug-likeness (QED) is 0.601. The van der Waals surface area contributed by atoms with Crippen molar-refractivity contribution >= 4 is 17.5 Å². The van der Waals surface area contributed by atoms with Gasteiger partial charge in [0.15, 0.2) is 0 Å². The summed E-state index contributed by atoms with van der Waals surface area (Å²) >= 11 is 0. The van der Waals surface area contributed by atoms with Crippen LogP contribution in [0, 0.1) is 5.92 Å². The minimum atomic E-state index is -0.273. The van der Waals surface area contributed by atoms with Gasteiger partial charge in [-0.2, -0.15) is 0 Å². The Morgan fingerprint density at radius 2 is 1.94 bits per heavy atom. The second kappa shape index (κ2) is 10.5. The smallest absolute Gasteiger partial charge is 0.225 e. The number of anilines is 1. The first-order valence-electron chi connectivity index (χ1n) is 11.3. The zero-order valence-corrected chi connectivity index (χ0v) is 18.7. The Morgan fingerprint density at radius 3 is 2.62 bits per heavy atom. The van der Waals surface area contributed by atoms with Crippen molar-refractivity contribution < 1.29 is 18.7 Å². The molecule has 3 heterocycles. The molecule has 32 heavy (non-hydrogen) atoms. The van der Waals surface area contributed by atoms with Gasteiger partial charge >= 0.3 is 0 Å². The summed E-state index contributed by atoms with van der Waals surface area (Å²) in [5.74, 6) is 1.33. The van der Waals surface area contributed by atoms with Crippen molar-refractivity contribution in [2.45, 2.75) is 19.4 Å². The minimum Gasteiger partial charge on any atom is -0.497 e. The molecule has 1 aromatic heterocycles. The third-order valence-corrected chi connectivity index (χ3v) is 6.27. The molecule has 2 amide bonds. The summed E-state index contributed by atoms with van der Waals surface area (Å²) in [7, 11) is 1.68. The first kappa shape index (κ1) is 22.2. The maximum Gasteiger partial charge on any atom is 0.225 e. The Balaban J connectivity index is 1.11. The Morgan fingerprint density at radius 1 is 1.16 bits per heavy atom.